The number of nitrogens with one attached hydrogen (secondary N) is 1. The Kier molecular flexibility index (Phi) is 6.88. The van der Waals surface area contributed by atoms with Gasteiger partial charge in [0.15, 0.2) is 0 Å². The molecule has 0 saturated carbocycles. The Morgan fingerprint density at radius 2 is 1.85 bits per heavy atom. The molecule has 1 aromatic carbocycles. The van der Waals surface area contributed by atoms with Crippen molar-refractivity contribution in [2.75, 3.05) is 19.8 Å². The number of alkyl halides is 2. The van der Waals surface area contributed by atoms with Gasteiger partial charge in [0.25, 0.3) is 6.43 Å². The molecule has 0 spiro atoms. The third-order valence-electron chi connectivity index (χ3n) is 2.51. The van der Waals surface area contributed by atoms with Crippen LogP contribution in [0, 0.1) is 0 Å². The second kappa shape index (κ2) is 8.17. The molecule has 3 nitrogen and oxygen atoms in total. The maximum Gasteiger partial charge on any atom is 0.261 e. The quantitative estimate of drug-likeness (QED) is 0.745. The molecular weight excluding hydrogens is 264 g/mol. The van der Waals surface area contributed by atoms with E-state index < -0.39 is 13.0 Å². The first-order valence-corrected chi connectivity index (χ1v) is 6.70. The third-order valence-corrected chi connectivity index (χ3v) is 2.51. The molecule has 1 N–H and O–H groups in total. The van der Waals surface area contributed by atoms with Crippen LogP contribution in [0.1, 0.15) is 26.3 Å². The molecule has 1 rings (SSSR count). The summed E-state index contributed by atoms with van der Waals surface area (Å²) >= 11 is 0. The highest BCUT2D eigenvalue weighted by molar-refractivity contribution is 5.33. The maximum absolute atomic E-state index is 11.9. The zero-order chi connectivity index (χ0) is 15.0. The van der Waals surface area contributed by atoms with Crippen LogP contribution in [-0.2, 0) is 11.3 Å². The Balaban J connectivity index is 2.41. The Morgan fingerprint density at radius 1 is 1.15 bits per heavy atom. The van der Waals surface area contributed by atoms with E-state index >= 15 is 0 Å². The summed E-state index contributed by atoms with van der Waals surface area (Å²) in [6, 6.07) is 7.68. The largest absolute Gasteiger partial charge is 0.491 e. The lowest BCUT2D eigenvalue weighted by Gasteiger charge is -2.21. The van der Waals surface area contributed by atoms with E-state index in [9.17, 15) is 8.78 Å². The average Bonchev–Trinajstić information content (AvgIpc) is 2.36. The normalized spacial score (nSPS) is 11.9. The predicted octanol–water partition coefficient (Wildman–Crippen LogP) is 3.24. The molecule has 0 aliphatic carbocycles. The van der Waals surface area contributed by atoms with Gasteiger partial charge in [-0.2, -0.15) is 0 Å². The van der Waals surface area contributed by atoms with Gasteiger partial charge in [0.2, 0.25) is 0 Å². The molecule has 0 heterocycles. The summed E-state index contributed by atoms with van der Waals surface area (Å²) in [5.74, 6) is 0.755. The highest BCUT2D eigenvalue weighted by Crippen LogP contribution is 2.18. The van der Waals surface area contributed by atoms with Crippen molar-refractivity contribution >= 4 is 0 Å². The van der Waals surface area contributed by atoms with Crippen molar-refractivity contribution in [3.63, 3.8) is 0 Å². The second-order valence-corrected chi connectivity index (χ2v) is 5.53. The van der Waals surface area contributed by atoms with Gasteiger partial charge in [-0.25, -0.2) is 8.78 Å². The standard InChI is InChI=1S/C15H23F2NO2/c1-15(2,3)18-10-12-6-4-5-7-13(12)20-9-8-19-11-14(16)17/h4-7,14,18H,8-11H2,1-3H3. The molecule has 0 bridgehead atoms. The fraction of sp³-hybridized carbons (Fsp3) is 0.600. The minimum Gasteiger partial charge on any atom is -0.491 e. The molecule has 0 amide bonds. The SMILES string of the molecule is CC(C)(C)NCc1ccccc1OCCOCC(F)F. The van der Waals surface area contributed by atoms with Gasteiger partial charge in [-0.05, 0) is 26.8 Å². The van der Waals surface area contributed by atoms with Gasteiger partial charge < -0.3 is 14.8 Å². The summed E-state index contributed by atoms with van der Waals surface area (Å²) in [5, 5.41) is 3.38. The summed E-state index contributed by atoms with van der Waals surface area (Å²) in [6.07, 6.45) is -2.43. The van der Waals surface area contributed by atoms with Crippen molar-refractivity contribution in [1.82, 2.24) is 5.32 Å². The summed E-state index contributed by atoms with van der Waals surface area (Å²) in [7, 11) is 0. The van der Waals surface area contributed by atoms with Crippen molar-refractivity contribution in [2.45, 2.75) is 39.3 Å². The number of hydrogen-bond acceptors (Lipinski definition) is 3. The van der Waals surface area contributed by atoms with Crippen LogP contribution in [0.4, 0.5) is 8.78 Å². The lowest BCUT2D eigenvalue weighted by Crippen LogP contribution is -2.35. The molecule has 0 aliphatic heterocycles. The summed E-state index contributed by atoms with van der Waals surface area (Å²) in [4.78, 5) is 0. The van der Waals surface area contributed by atoms with Crippen LogP contribution in [0.25, 0.3) is 0 Å². The Bertz CT molecular complexity index is 392. The van der Waals surface area contributed by atoms with E-state index in [0.29, 0.717) is 6.54 Å². The number of hydrogen-bond donors (Lipinski definition) is 1. The zero-order valence-electron chi connectivity index (χ0n) is 12.3. The molecule has 0 aromatic heterocycles. The van der Waals surface area contributed by atoms with Crippen molar-refractivity contribution in [1.29, 1.82) is 0 Å². The highest BCUT2D eigenvalue weighted by Gasteiger charge is 2.10. The van der Waals surface area contributed by atoms with Gasteiger partial charge in [0, 0.05) is 17.6 Å². The van der Waals surface area contributed by atoms with E-state index in [4.69, 9.17) is 9.47 Å². The molecule has 0 atom stereocenters. The second-order valence-electron chi connectivity index (χ2n) is 5.53. The van der Waals surface area contributed by atoms with E-state index in [2.05, 4.69) is 26.1 Å². The molecule has 0 unspecified atom stereocenters. The molecule has 20 heavy (non-hydrogen) atoms. The number of halogens is 2. The van der Waals surface area contributed by atoms with Crippen LogP contribution in [0.3, 0.4) is 0 Å². The fourth-order valence-electron chi connectivity index (χ4n) is 1.53. The first kappa shape index (κ1) is 16.9. The van der Waals surface area contributed by atoms with Crippen LogP contribution in [0.2, 0.25) is 0 Å². The Hall–Kier alpha value is -1.20. The smallest absolute Gasteiger partial charge is 0.261 e. The first-order chi connectivity index (χ1) is 9.38. The molecule has 0 aliphatic rings. The van der Waals surface area contributed by atoms with Gasteiger partial charge in [0.1, 0.15) is 19.0 Å². The summed E-state index contributed by atoms with van der Waals surface area (Å²) < 4.78 is 34.1. The zero-order valence-corrected chi connectivity index (χ0v) is 12.3. The molecule has 0 radical (unpaired) electrons. The van der Waals surface area contributed by atoms with Crippen LogP contribution < -0.4 is 10.1 Å². The van der Waals surface area contributed by atoms with Gasteiger partial charge in [-0.15, -0.1) is 0 Å². The molecule has 1 aromatic rings. The first-order valence-electron chi connectivity index (χ1n) is 6.70. The van der Waals surface area contributed by atoms with E-state index in [1.807, 2.05) is 24.3 Å². The van der Waals surface area contributed by atoms with Crippen molar-refractivity contribution in [2.24, 2.45) is 0 Å². The lowest BCUT2D eigenvalue weighted by molar-refractivity contribution is 0.00753. The Labute approximate surface area is 119 Å². The molecule has 5 heteroatoms. The molecule has 114 valence electrons. The van der Waals surface area contributed by atoms with Crippen molar-refractivity contribution in [3.05, 3.63) is 29.8 Å². The van der Waals surface area contributed by atoms with E-state index in [0.717, 1.165) is 11.3 Å². The molecule has 0 fully saturated rings. The summed E-state index contributed by atoms with van der Waals surface area (Å²) in [6.45, 7) is 6.84. The van der Waals surface area contributed by atoms with Crippen LogP contribution >= 0.6 is 0 Å². The number of ether oxygens (including phenoxy) is 2. The van der Waals surface area contributed by atoms with Crippen molar-refractivity contribution in [3.8, 4) is 5.75 Å². The van der Waals surface area contributed by atoms with E-state index in [1.54, 1.807) is 0 Å². The predicted molar refractivity (Wildman–Crippen MR) is 75.4 cm³/mol. The highest BCUT2D eigenvalue weighted by atomic mass is 19.3. The molecular formula is C15H23F2NO2. The lowest BCUT2D eigenvalue weighted by atomic mass is 10.1. The minimum atomic E-state index is -2.43. The van der Waals surface area contributed by atoms with E-state index in [1.165, 1.54) is 0 Å². The Morgan fingerprint density at radius 3 is 2.50 bits per heavy atom. The average molecular weight is 287 g/mol. The maximum atomic E-state index is 11.9. The van der Waals surface area contributed by atoms with Gasteiger partial charge in [-0.3, -0.25) is 0 Å². The molecule has 0 saturated heterocycles. The van der Waals surface area contributed by atoms with Crippen LogP contribution in [-0.4, -0.2) is 31.8 Å². The van der Waals surface area contributed by atoms with Gasteiger partial charge in [0.05, 0.1) is 6.61 Å². The third kappa shape index (κ3) is 7.40. The van der Waals surface area contributed by atoms with E-state index in [-0.39, 0.29) is 18.8 Å². The minimum absolute atomic E-state index is 0.0213. The fourth-order valence-corrected chi connectivity index (χ4v) is 1.53. The topological polar surface area (TPSA) is 30.5 Å². The van der Waals surface area contributed by atoms with Crippen molar-refractivity contribution < 1.29 is 18.3 Å². The summed E-state index contributed by atoms with van der Waals surface area (Å²) in [5.41, 5.74) is 1.06. The van der Waals surface area contributed by atoms with Crippen LogP contribution in [0.15, 0.2) is 24.3 Å². The number of para-hydroxylation sites is 1. The number of benzene rings is 1. The van der Waals surface area contributed by atoms with Crippen LogP contribution in [0.5, 0.6) is 5.75 Å². The van der Waals surface area contributed by atoms with Gasteiger partial charge in [-0.1, -0.05) is 18.2 Å². The van der Waals surface area contributed by atoms with Gasteiger partial charge >= 0.3 is 0 Å². The monoisotopic (exact) mass is 287 g/mol. The number of rotatable bonds is 8.